The number of anilines is 1. The van der Waals surface area contributed by atoms with E-state index in [0.29, 0.717) is 23.8 Å². The molecule has 5 nitrogen and oxygen atoms in total. The van der Waals surface area contributed by atoms with Crippen molar-refractivity contribution in [2.75, 3.05) is 38.2 Å². The van der Waals surface area contributed by atoms with Crippen LogP contribution in [0.15, 0.2) is 18.2 Å². The third-order valence-corrected chi connectivity index (χ3v) is 3.15. The minimum Gasteiger partial charge on any atom is -0.395 e. The average molecular weight is 287 g/mol. The maximum atomic E-state index is 11.9. The van der Waals surface area contributed by atoms with Gasteiger partial charge < -0.3 is 15.5 Å². The standard InChI is InChI=1S/C13H19ClN2O3/c1-10-11(14)3-2-4-12(10)15-13(19)9-16(5-7-17)6-8-18/h2-4,17-18H,5-9H2,1H3,(H,15,19). The number of hydrogen-bond acceptors (Lipinski definition) is 4. The van der Waals surface area contributed by atoms with E-state index >= 15 is 0 Å². The van der Waals surface area contributed by atoms with Gasteiger partial charge in [-0.25, -0.2) is 0 Å². The van der Waals surface area contributed by atoms with E-state index in [2.05, 4.69) is 5.32 Å². The molecule has 0 saturated carbocycles. The Morgan fingerprint density at radius 1 is 1.32 bits per heavy atom. The highest BCUT2D eigenvalue weighted by atomic mass is 35.5. The summed E-state index contributed by atoms with van der Waals surface area (Å²) in [6, 6.07) is 5.31. The number of aliphatic hydroxyl groups is 2. The second-order valence-corrected chi connectivity index (χ2v) is 4.59. The number of carbonyl (C=O) groups excluding carboxylic acids is 1. The predicted octanol–water partition coefficient (Wildman–Crippen LogP) is 0.874. The van der Waals surface area contributed by atoms with Gasteiger partial charge in [-0.15, -0.1) is 0 Å². The Balaban J connectivity index is 2.61. The van der Waals surface area contributed by atoms with Gasteiger partial charge in [0.25, 0.3) is 0 Å². The largest absolute Gasteiger partial charge is 0.395 e. The van der Waals surface area contributed by atoms with E-state index in [4.69, 9.17) is 21.8 Å². The number of halogens is 1. The zero-order valence-corrected chi connectivity index (χ0v) is 11.7. The molecule has 6 heteroatoms. The number of hydrogen-bond donors (Lipinski definition) is 3. The van der Waals surface area contributed by atoms with Gasteiger partial charge in [-0.2, -0.15) is 0 Å². The molecule has 0 aromatic heterocycles. The Hall–Kier alpha value is -1.14. The van der Waals surface area contributed by atoms with Gasteiger partial charge in [0.15, 0.2) is 0 Å². The third-order valence-electron chi connectivity index (χ3n) is 2.74. The second-order valence-electron chi connectivity index (χ2n) is 4.18. The molecule has 1 amide bonds. The van der Waals surface area contributed by atoms with Gasteiger partial charge in [0.1, 0.15) is 0 Å². The number of nitrogens with zero attached hydrogens (tertiary/aromatic N) is 1. The van der Waals surface area contributed by atoms with Crippen molar-refractivity contribution in [3.63, 3.8) is 0 Å². The summed E-state index contributed by atoms with van der Waals surface area (Å²) in [6.07, 6.45) is 0. The Morgan fingerprint density at radius 2 is 1.95 bits per heavy atom. The molecule has 106 valence electrons. The first-order valence-corrected chi connectivity index (χ1v) is 6.45. The van der Waals surface area contributed by atoms with Crippen LogP contribution in [0, 0.1) is 6.92 Å². The summed E-state index contributed by atoms with van der Waals surface area (Å²) in [5.74, 6) is -0.202. The van der Waals surface area contributed by atoms with Crippen LogP contribution in [0.5, 0.6) is 0 Å². The molecule has 1 aromatic rings. The molecule has 0 unspecified atom stereocenters. The van der Waals surface area contributed by atoms with Crippen molar-refractivity contribution in [3.8, 4) is 0 Å². The molecule has 0 saturated heterocycles. The third kappa shape index (κ3) is 5.16. The zero-order valence-electron chi connectivity index (χ0n) is 10.9. The highest BCUT2D eigenvalue weighted by Crippen LogP contribution is 2.22. The molecular formula is C13H19ClN2O3. The highest BCUT2D eigenvalue weighted by molar-refractivity contribution is 6.31. The van der Waals surface area contributed by atoms with E-state index in [1.165, 1.54) is 0 Å². The van der Waals surface area contributed by atoms with E-state index in [1.54, 1.807) is 23.1 Å². The number of amides is 1. The lowest BCUT2D eigenvalue weighted by molar-refractivity contribution is -0.117. The Bertz CT molecular complexity index is 420. The van der Waals surface area contributed by atoms with Gasteiger partial charge in [0, 0.05) is 23.8 Å². The smallest absolute Gasteiger partial charge is 0.238 e. The maximum absolute atomic E-state index is 11.9. The summed E-state index contributed by atoms with van der Waals surface area (Å²) in [6.45, 7) is 2.54. The van der Waals surface area contributed by atoms with Crippen LogP contribution >= 0.6 is 11.6 Å². The molecule has 19 heavy (non-hydrogen) atoms. The normalized spacial score (nSPS) is 10.8. The summed E-state index contributed by atoms with van der Waals surface area (Å²) in [7, 11) is 0. The molecule has 1 aromatic carbocycles. The first kappa shape index (κ1) is 15.9. The van der Waals surface area contributed by atoms with Crippen molar-refractivity contribution < 1.29 is 15.0 Å². The number of carbonyl (C=O) groups is 1. The summed E-state index contributed by atoms with van der Waals surface area (Å²) >= 11 is 5.97. The Labute approximate surface area is 117 Å². The quantitative estimate of drug-likeness (QED) is 0.696. The van der Waals surface area contributed by atoms with Gasteiger partial charge in [0.2, 0.25) is 5.91 Å². The zero-order chi connectivity index (χ0) is 14.3. The van der Waals surface area contributed by atoms with Crippen molar-refractivity contribution >= 4 is 23.2 Å². The fourth-order valence-corrected chi connectivity index (χ4v) is 1.86. The van der Waals surface area contributed by atoms with Crippen LogP contribution in [0.1, 0.15) is 5.56 Å². The van der Waals surface area contributed by atoms with Crippen LogP contribution < -0.4 is 5.32 Å². The molecule has 0 aliphatic heterocycles. The first-order valence-electron chi connectivity index (χ1n) is 6.07. The lowest BCUT2D eigenvalue weighted by atomic mass is 10.2. The second kappa shape index (κ2) is 8.12. The van der Waals surface area contributed by atoms with E-state index in [9.17, 15) is 4.79 Å². The van der Waals surface area contributed by atoms with Gasteiger partial charge >= 0.3 is 0 Å². The van der Waals surface area contributed by atoms with Crippen molar-refractivity contribution in [2.24, 2.45) is 0 Å². The van der Waals surface area contributed by atoms with Crippen LogP contribution in [-0.4, -0.2) is 53.9 Å². The summed E-state index contributed by atoms with van der Waals surface area (Å²) < 4.78 is 0. The number of rotatable bonds is 7. The van der Waals surface area contributed by atoms with Crippen LogP contribution in [0.25, 0.3) is 0 Å². The van der Waals surface area contributed by atoms with E-state index in [1.807, 2.05) is 6.92 Å². The van der Waals surface area contributed by atoms with Gasteiger partial charge in [0.05, 0.1) is 19.8 Å². The molecule has 0 atom stereocenters. The van der Waals surface area contributed by atoms with Crippen molar-refractivity contribution in [1.82, 2.24) is 4.90 Å². The number of benzene rings is 1. The van der Waals surface area contributed by atoms with Crippen LogP contribution in [0.4, 0.5) is 5.69 Å². The molecule has 0 aliphatic carbocycles. The van der Waals surface area contributed by atoms with Crippen LogP contribution in [0.3, 0.4) is 0 Å². The first-order chi connectivity index (χ1) is 9.08. The monoisotopic (exact) mass is 286 g/mol. The van der Waals surface area contributed by atoms with E-state index in [0.717, 1.165) is 5.56 Å². The molecule has 0 fully saturated rings. The number of nitrogens with one attached hydrogen (secondary N) is 1. The minimum atomic E-state index is -0.202. The molecule has 3 N–H and O–H groups in total. The molecule has 1 rings (SSSR count). The van der Waals surface area contributed by atoms with Crippen molar-refractivity contribution in [2.45, 2.75) is 6.92 Å². The Kier molecular flexibility index (Phi) is 6.80. The van der Waals surface area contributed by atoms with E-state index < -0.39 is 0 Å². The fraction of sp³-hybridized carbons (Fsp3) is 0.462. The lowest BCUT2D eigenvalue weighted by Crippen LogP contribution is -2.37. The number of aliphatic hydroxyl groups excluding tert-OH is 2. The lowest BCUT2D eigenvalue weighted by Gasteiger charge is -2.19. The SMILES string of the molecule is Cc1c(Cl)cccc1NC(=O)CN(CCO)CCO. The van der Waals surface area contributed by atoms with Gasteiger partial charge in [-0.3, -0.25) is 9.69 Å². The Morgan fingerprint density at radius 3 is 2.53 bits per heavy atom. The van der Waals surface area contributed by atoms with E-state index in [-0.39, 0.29) is 25.7 Å². The van der Waals surface area contributed by atoms with Crippen molar-refractivity contribution in [1.29, 1.82) is 0 Å². The minimum absolute atomic E-state index is 0.0521. The van der Waals surface area contributed by atoms with Crippen LogP contribution in [-0.2, 0) is 4.79 Å². The molecule has 0 radical (unpaired) electrons. The molecule has 0 bridgehead atoms. The fourth-order valence-electron chi connectivity index (χ4n) is 1.69. The molecule has 0 spiro atoms. The maximum Gasteiger partial charge on any atom is 0.238 e. The highest BCUT2D eigenvalue weighted by Gasteiger charge is 2.11. The van der Waals surface area contributed by atoms with Gasteiger partial charge in [-0.05, 0) is 24.6 Å². The van der Waals surface area contributed by atoms with Crippen LogP contribution in [0.2, 0.25) is 5.02 Å². The molecule has 0 aliphatic rings. The topological polar surface area (TPSA) is 72.8 Å². The average Bonchev–Trinajstić information content (AvgIpc) is 2.35. The van der Waals surface area contributed by atoms with Gasteiger partial charge in [-0.1, -0.05) is 17.7 Å². The molecular weight excluding hydrogens is 268 g/mol. The van der Waals surface area contributed by atoms with Crippen molar-refractivity contribution in [3.05, 3.63) is 28.8 Å². The summed E-state index contributed by atoms with van der Waals surface area (Å²) in [4.78, 5) is 13.6. The summed E-state index contributed by atoms with van der Waals surface area (Å²) in [5, 5.41) is 21.1. The summed E-state index contributed by atoms with van der Waals surface area (Å²) in [5.41, 5.74) is 1.49. The molecule has 0 heterocycles. The predicted molar refractivity (Wildman–Crippen MR) is 75.4 cm³/mol.